The minimum absolute atomic E-state index is 0.0294. The lowest BCUT2D eigenvalue weighted by Crippen LogP contribution is -2.35. The van der Waals surface area contributed by atoms with E-state index >= 15 is 0 Å². The van der Waals surface area contributed by atoms with Crippen molar-refractivity contribution in [2.75, 3.05) is 7.05 Å². The first-order valence-corrected chi connectivity index (χ1v) is 5.16. The topological polar surface area (TPSA) is 60.8 Å². The van der Waals surface area contributed by atoms with Crippen LogP contribution in [-0.4, -0.2) is 34.2 Å². The number of aliphatic hydroxyl groups excluding tert-OH is 1. The lowest BCUT2D eigenvalue weighted by atomic mass is 10.1. The molecule has 4 heteroatoms. The van der Waals surface area contributed by atoms with Gasteiger partial charge in [-0.3, -0.25) is 9.69 Å². The molecule has 2 N–H and O–H groups in total. The normalized spacial score (nSPS) is 12.8. The molecule has 88 valence electrons. The number of rotatable bonds is 5. The van der Waals surface area contributed by atoms with Crippen molar-refractivity contribution in [3.63, 3.8) is 0 Å². The van der Waals surface area contributed by atoms with Gasteiger partial charge in [-0.05, 0) is 25.1 Å². The van der Waals surface area contributed by atoms with E-state index in [1.807, 2.05) is 24.3 Å². The Balaban J connectivity index is 2.62. The first-order valence-electron chi connectivity index (χ1n) is 5.16. The van der Waals surface area contributed by atoms with E-state index in [0.29, 0.717) is 6.54 Å². The van der Waals surface area contributed by atoms with E-state index in [4.69, 9.17) is 10.2 Å². The average Bonchev–Trinajstić information content (AvgIpc) is 2.28. The Morgan fingerprint density at radius 3 is 2.25 bits per heavy atom. The van der Waals surface area contributed by atoms with Gasteiger partial charge in [-0.15, -0.1) is 0 Å². The van der Waals surface area contributed by atoms with Crippen LogP contribution in [0.5, 0.6) is 0 Å². The maximum Gasteiger partial charge on any atom is 0.320 e. The van der Waals surface area contributed by atoms with Gasteiger partial charge in [-0.1, -0.05) is 24.3 Å². The maximum atomic E-state index is 10.8. The molecule has 0 amide bonds. The van der Waals surface area contributed by atoms with Gasteiger partial charge in [-0.25, -0.2) is 0 Å². The third-order valence-electron chi connectivity index (χ3n) is 2.66. The summed E-state index contributed by atoms with van der Waals surface area (Å²) in [7, 11) is 1.78. The third-order valence-corrected chi connectivity index (χ3v) is 2.66. The number of nitrogens with zero attached hydrogens (tertiary/aromatic N) is 1. The van der Waals surface area contributed by atoms with Crippen molar-refractivity contribution < 1.29 is 15.0 Å². The second kappa shape index (κ2) is 5.63. The summed E-state index contributed by atoms with van der Waals surface area (Å²) >= 11 is 0. The summed E-state index contributed by atoms with van der Waals surface area (Å²) in [5, 5.41) is 17.7. The molecular formula is C12H17NO3. The number of aliphatic hydroxyl groups is 1. The van der Waals surface area contributed by atoms with Crippen molar-refractivity contribution in [2.45, 2.75) is 26.1 Å². The molecule has 1 aromatic rings. The lowest BCUT2D eigenvalue weighted by molar-refractivity contribution is -0.142. The molecular weight excluding hydrogens is 206 g/mol. The number of hydrogen-bond donors (Lipinski definition) is 2. The molecule has 16 heavy (non-hydrogen) atoms. The zero-order valence-corrected chi connectivity index (χ0v) is 9.55. The molecule has 1 unspecified atom stereocenters. The van der Waals surface area contributed by atoms with Crippen LogP contribution in [0, 0.1) is 0 Å². The van der Waals surface area contributed by atoms with E-state index < -0.39 is 12.0 Å². The predicted octanol–water partition coefficient (Wildman–Crippen LogP) is 1.08. The van der Waals surface area contributed by atoms with Gasteiger partial charge in [0.15, 0.2) is 0 Å². The summed E-state index contributed by atoms with van der Waals surface area (Å²) in [6.07, 6.45) is 0. The molecule has 0 radical (unpaired) electrons. The van der Waals surface area contributed by atoms with E-state index in [2.05, 4.69) is 0 Å². The average molecular weight is 223 g/mol. The van der Waals surface area contributed by atoms with Crippen LogP contribution < -0.4 is 0 Å². The van der Waals surface area contributed by atoms with E-state index in [-0.39, 0.29) is 6.61 Å². The van der Waals surface area contributed by atoms with Crippen LogP contribution >= 0.6 is 0 Å². The molecule has 0 aliphatic heterocycles. The molecule has 1 atom stereocenters. The van der Waals surface area contributed by atoms with Gasteiger partial charge in [0.1, 0.15) is 6.04 Å². The Kier molecular flexibility index (Phi) is 4.46. The third kappa shape index (κ3) is 3.32. The Bertz CT molecular complexity index is 348. The second-order valence-corrected chi connectivity index (χ2v) is 3.90. The van der Waals surface area contributed by atoms with E-state index in [9.17, 15) is 4.79 Å². The monoisotopic (exact) mass is 223 g/mol. The minimum Gasteiger partial charge on any atom is -0.480 e. The van der Waals surface area contributed by atoms with Gasteiger partial charge in [0.2, 0.25) is 0 Å². The minimum atomic E-state index is -0.825. The molecule has 0 saturated heterocycles. The molecule has 1 rings (SSSR count). The van der Waals surface area contributed by atoms with E-state index in [0.717, 1.165) is 11.1 Å². The summed E-state index contributed by atoms with van der Waals surface area (Å²) in [6, 6.07) is 6.98. The van der Waals surface area contributed by atoms with Crippen LogP contribution in [0.15, 0.2) is 24.3 Å². The van der Waals surface area contributed by atoms with Crippen molar-refractivity contribution in [1.82, 2.24) is 4.90 Å². The predicted molar refractivity (Wildman–Crippen MR) is 60.9 cm³/mol. The van der Waals surface area contributed by atoms with Crippen molar-refractivity contribution in [3.05, 3.63) is 35.4 Å². The first-order chi connectivity index (χ1) is 7.54. The molecule has 0 aliphatic rings. The Hall–Kier alpha value is -1.39. The number of likely N-dealkylation sites (N-methyl/N-ethyl adjacent to an activating group) is 1. The molecule has 0 aromatic heterocycles. The highest BCUT2D eigenvalue weighted by Crippen LogP contribution is 2.08. The number of carboxylic acid groups (broad SMARTS) is 1. The fraction of sp³-hybridized carbons (Fsp3) is 0.417. The number of benzene rings is 1. The maximum absolute atomic E-state index is 10.8. The van der Waals surface area contributed by atoms with Gasteiger partial charge in [0.05, 0.1) is 6.61 Å². The fourth-order valence-electron chi connectivity index (χ4n) is 1.36. The van der Waals surface area contributed by atoms with Crippen LogP contribution in [0.4, 0.5) is 0 Å². The van der Waals surface area contributed by atoms with Crippen LogP contribution in [0.1, 0.15) is 18.1 Å². The molecule has 0 fully saturated rings. The highest BCUT2D eigenvalue weighted by molar-refractivity contribution is 5.72. The summed E-state index contributed by atoms with van der Waals surface area (Å²) in [5.74, 6) is -0.825. The van der Waals surface area contributed by atoms with Crippen LogP contribution in [-0.2, 0) is 17.9 Å². The Morgan fingerprint density at radius 1 is 1.31 bits per heavy atom. The second-order valence-electron chi connectivity index (χ2n) is 3.90. The fourth-order valence-corrected chi connectivity index (χ4v) is 1.36. The van der Waals surface area contributed by atoms with Crippen molar-refractivity contribution in [3.8, 4) is 0 Å². The molecule has 0 bridgehead atoms. The van der Waals surface area contributed by atoms with Gasteiger partial charge in [-0.2, -0.15) is 0 Å². The number of aliphatic carboxylic acids is 1. The zero-order valence-electron chi connectivity index (χ0n) is 9.55. The number of carbonyl (C=O) groups is 1. The van der Waals surface area contributed by atoms with Crippen molar-refractivity contribution >= 4 is 5.97 Å². The standard InChI is InChI=1S/C12H17NO3/c1-9(12(15)16)13(2)7-10-3-5-11(8-14)6-4-10/h3-6,9,14H,7-8H2,1-2H3,(H,15,16). The molecule has 1 aromatic carbocycles. The van der Waals surface area contributed by atoms with Crippen molar-refractivity contribution in [1.29, 1.82) is 0 Å². The molecule has 0 saturated carbocycles. The van der Waals surface area contributed by atoms with E-state index in [1.165, 1.54) is 0 Å². The van der Waals surface area contributed by atoms with Crippen LogP contribution in [0.2, 0.25) is 0 Å². The number of hydrogen-bond acceptors (Lipinski definition) is 3. The first kappa shape index (κ1) is 12.7. The molecule has 0 aliphatic carbocycles. The molecule has 0 heterocycles. The molecule has 0 spiro atoms. The zero-order chi connectivity index (χ0) is 12.1. The quantitative estimate of drug-likeness (QED) is 0.784. The smallest absolute Gasteiger partial charge is 0.320 e. The van der Waals surface area contributed by atoms with Gasteiger partial charge in [0.25, 0.3) is 0 Å². The van der Waals surface area contributed by atoms with E-state index in [1.54, 1.807) is 18.9 Å². The van der Waals surface area contributed by atoms with Crippen LogP contribution in [0.25, 0.3) is 0 Å². The van der Waals surface area contributed by atoms with Crippen molar-refractivity contribution in [2.24, 2.45) is 0 Å². The summed E-state index contributed by atoms with van der Waals surface area (Å²) in [4.78, 5) is 12.5. The highest BCUT2D eigenvalue weighted by Gasteiger charge is 2.16. The van der Waals surface area contributed by atoms with Gasteiger partial charge < -0.3 is 10.2 Å². The van der Waals surface area contributed by atoms with Crippen LogP contribution in [0.3, 0.4) is 0 Å². The Labute approximate surface area is 95.1 Å². The highest BCUT2D eigenvalue weighted by atomic mass is 16.4. The summed E-state index contributed by atoms with van der Waals surface area (Å²) in [5.41, 5.74) is 1.89. The largest absolute Gasteiger partial charge is 0.480 e. The lowest BCUT2D eigenvalue weighted by Gasteiger charge is -2.21. The summed E-state index contributed by atoms with van der Waals surface area (Å²) < 4.78 is 0. The number of carboxylic acids is 1. The SMILES string of the molecule is CC(C(=O)O)N(C)Cc1ccc(CO)cc1. The molecule has 4 nitrogen and oxygen atoms in total. The Morgan fingerprint density at radius 2 is 1.81 bits per heavy atom. The van der Waals surface area contributed by atoms with Gasteiger partial charge >= 0.3 is 5.97 Å². The summed E-state index contributed by atoms with van der Waals surface area (Å²) in [6.45, 7) is 2.27. The van der Waals surface area contributed by atoms with Gasteiger partial charge in [0, 0.05) is 6.54 Å².